The third kappa shape index (κ3) is 6.17. The summed E-state index contributed by atoms with van der Waals surface area (Å²) in [6.45, 7) is 0. The van der Waals surface area contributed by atoms with E-state index < -0.39 is 5.97 Å². The molecule has 0 aromatic heterocycles. The van der Waals surface area contributed by atoms with Gasteiger partial charge in [-0.3, -0.25) is 4.79 Å². The summed E-state index contributed by atoms with van der Waals surface area (Å²) in [5.41, 5.74) is 4.55. The van der Waals surface area contributed by atoms with Crippen LogP contribution in [0.4, 0.5) is 0 Å². The molecule has 0 heterocycles. The molecule has 0 aliphatic heterocycles. The van der Waals surface area contributed by atoms with E-state index in [0.29, 0.717) is 17.1 Å². The van der Waals surface area contributed by atoms with Crippen LogP contribution in [0.5, 0.6) is 11.5 Å². The fraction of sp³-hybridized carbons (Fsp3) is 0.0417. The predicted octanol–water partition coefficient (Wildman–Crippen LogP) is 4.08. The number of nitrogens with one attached hydrogen (secondary N) is 1. The Morgan fingerprint density at radius 1 is 0.867 bits per heavy atom. The first-order valence-corrected chi connectivity index (χ1v) is 9.16. The third-order valence-corrected chi connectivity index (χ3v) is 4.02. The maximum atomic E-state index is 12.1. The molecule has 0 saturated heterocycles. The van der Waals surface area contributed by atoms with E-state index in [-0.39, 0.29) is 5.91 Å². The lowest BCUT2D eigenvalue weighted by Gasteiger charge is -2.03. The number of carbonyl (C=O) groups is 2. The number of hydrogen-bond acceptors (Lipinski definition) is 5. The van der Waals surface area contributed by atoms with Crippen molar-refractivity contribution in [2.75, 3.05) is 7.11 Å². The Hall–Kier alpha value is -4.19. The number of hydrazone groups is 1. The monoisotopic (exact) mass is 400 g/mol. The van der Waals surface area contributed by atoms with Gasteiger partial charge >= 0.3 is 5.97 Å². The molecule has 3 aromatic rings. The molecule has 0 spiro atoms. The summed E-state index contributed by atoms with van der Waals surface area (Å²) in [5, 5.41) is 3.94. The lowest BCUT2D eigenvalue weighted by atomic mass is 10.2. The first kappa shape index (κ1) is 20.5. The Bertz CT molecular complexity index is 1060. The van der Waals surface area contributed by atoms with Crippen molar-refractivity contribution in [1.82, 2.24) is 5.43 Å². The van der Waals surface area contributed by atoms with Gasteiger partial charge in [0.2, 0.25) is 0 Å². The molecule has 0 aliphatic carbocycles. The standard InChI is InChI=1S/C24H20N2O4/c1-29-22-9-5-8-20(16-22)24(28)26-25-17-19-10-13-21(14-11-19)30-23(27)15-12-18-6-3-2-4-7-18/h2-17H,1H3,(H,26,28)/b15-12+,25-17-. The predicted molar refractivity (Wildman–Crippen MR) is 116 cm³/mol. The second-order valence-corrected chi connectivity index (χ2v) is 6.17. The van der Waals surface area contributed by atoms with Gasteiger partial charge in [0.1, 0.15) is 11.5 Å². The average molecular weight is 400 g/mol. The molecular formula is C24H20N2O4. The smallest absolute Gasteiger partial charge is 0.336 e. The molecule has 0 bridgehead atoms. The molecule has 6 heteroatoms. The Morgan fingerprint density at radius 3 is 2.37 bits per heavy atom. The number of amides is 1. The molecule has 0 unspecified atom stereocenters. The minimum Gasteiger partial charge on any atom is -0.497 e. The first-order chi connectivity index (χ1) is 14.6. The van der Waals surface area contributed by atoms with E-state index in [4.69, 9.17) is 9.47 Å². The van der Waals surface area contributed by atoms with Gasteiger partial charge in [0.05, 0.1) is 13.3 Å². The van der Waals surface area contributed by atoms with Crippen LogP contribution in [0.2, 0.25) is 0 Å². The molecule has 0 radical (unpaired) electrons. The van der Waals surface area contributed by atoms with Crippen LogP contribution in [0.1, 0.15) is 21.5 Å². The summed E-state index contributed by atoms with van der Waals surface area (Å²) < 4.78 is 10.4. The highest BCUT2D eigenvalue weighted by atomic mass is 16.5. The number of carbonyl (C=O) groups excluding carboxylic acids is 2. The lowest BCUT2D eigenvalue weighted by Crippen LogP contribution is -2.17. The van der Waals surface area contributed by atoms with Gasteiger partial charge in [-0.2, -0.15) is 5.10 Å². The van der Waals surface area contributed by atoms with Crippen molar-refractivity contribution in [1.29, 1.82) is 0 Å². The molecule has 0 atom stereocenters. The van der Waals surface area contributed by atoms with E-state index in [1.165, 1.54) is 19.4 Å². The Labute approximate surface area is 174 Å². The lowest BCUT2D eigenvalue weighted by molar-refractivity contribution is -0.128. The van der Waals surface area contributed by atoms with Gasteiger partial charge in [-0.05, 0) is 59.7 Å². The zero-order valence-corrected chi connectivity index (χ0v) is 16.3. The highest BCUT2D eigenvalue weighted by molar-refractivity contribution is 5.95. The van der Waals surface area contributed by atoms with E-state index in [1.807, 2.05) is 30.3 Å². The van der Waals surface area contributed by atoms with Crippen molar-refractivity contribution in [2.45, 2.75) is 0 Å². The minimum atomic E-state index is -0.467. The number of nitrogens with zero attached hydrogens (tertiary/aromatic N) is 1. The van der Waals surface area contributed by atoms with Gasteiger partial charge < -0.3 is 9.47 Å². The van der Waals surface area contributed by atoms with Crippen molar-refractivity contribution >= 4 is 24.2 Å². The highest BCUT2D eigenvalue weighted by Crippen LogP contribution is 2.13. The molecule has 3 aromatic carbocycles. The summed E-state index contributed by atoms with van der Waals surface area (Å²) in [4.78, 5) is 24.0. The van der Waals surface area contributed by atoms with E-state index in [2.05, 4.69) is 10.5 Å². The topological polar surface area (TPSA) is 77.0 Å². The van der Waals surface area contributed by atoms with Crippen LogP contribution in [-0.2, 0) is 4.79 Å². The molecule has 0 fully saturated rings. The quantitative estimate of drug-likeness (QED) is 0.213. The fourth-order valence-corrected chi connectivity index (χ4v) is 2.49. The van der Waals surface area contributed by atoms with Crippen molar-refractivity contribution in [3.63, 3.8) is 0 Å². The SMILES string of the molecule is COc1cccc(C(=O)N/N=C\c2ccc(OC(=O)/C=C/c3ccccc3)cc2)c1. The van der Waals surface area contributed by atoms with Crippen LogP contribution in [0.3, 0.4) is 0 Å². The Kier molecular flexibility index (Phi) is 7.11. The van der Waals surface area contributed by atoms with Gasteiger partial charge in [0, 0.05) is 11.6 Å². The molecule has 1 amide bonds. The molecule has 150 valence electrons. The third-order valence-electron chi connectivity index (χ3n) is 4.02. The number of hydrogen-bond donors (Lipinski definition) is 1. The molecule has 3 rings (SSSR count). The number of rotatable bonds is 7. The Balaban J connectivity index is 1.52. The molecule has 30 heavy (non-hydrogen) atoms. The molecule has 1 N–H and O–H groups in total. The van der Waals surface area contributed by atoms with Crippen LogP contribution in [0.25, 0.3) is 6.08 Å². The molecular weight excluding hydrogens is 380 g/mol. The van der Waals surface area contributed by atoms with Crippen molar-refractivity contribution < 1.29 is 19.1 Å². The average Bonchev–Trinajstić information content (AvgIpc) is 2.79. The van der Waals surface area contributed by atoms with Gasteiger partial charge in [0.15, 0.2) is 0 Å². The van der Waals surface area contributed by atoms with Crippen LogP contribution < -0.4 is 14.9 Å². The summed E-state index contributed by atoms with van der Waals surface area (Å²) in [5.74, 6) is 0.192. The summed E-state index contributed by atoms with van der Waals surface area (Å²) >= 11 is 0. The molecule has 0 aliphatic rings. The van der Waals surface area contributed by atoms with E-state index in [0.717, 1.165) is 11.1 Å². The maximum absolute atomic E-state index is 12.1. The second kappa shape index (κ2) is 10.4. The van der Waals surface area contributed by atoms with Crippen LogP contribution in [-0.4, -0.2) is 25.2 Å². The van der Waals surface area contributed by atoms with Gasteiger partial charge in [-0.15, -0.1) is 0 Å². The summed E-state index contributed by atoms with van der Waals surface area (Å²) in [7, 11) is 1.54. The molecule has 0 saturated carbocycles. The van der Waals surface area contributed by atoms with Crippen molar-refractivity contribution in [2.24, 2.45) is 5.10 Å². The summed E-state index contributed by atoms with van der Waals surface area (Å²) in [6.07, 6.45) is 4.56. The van der Waals surface area contributed by atoms with E-state index in [9.17, 15) is 9.59 Å². The highest BCUT2D eigenvalue weighted by Gasteiger charge is 2.05. The van der Waals surface area contributed by atoms with Gasteiger partial charge in [-0.25, -0.2) is 10.2 Å². The van der Waals surface area contributed by atoms with Gasteiger partial charge in [0.25, 0.3) is 5.91 Å². The van der Waals surface area contributed by atoms with Crippen molar-refractivity contribution in [3.8, 4) is 11.5 Å². The number of benzene rings is 3. The largest absolute Gasteiger partial charge is 0.497 e. The zero-order chi connectivity index (χ0) is 21.2. The Morgan fingerprint density at radius 2 is 1.63 bits per heavy atom. The van der Waals surface area contributed by atoms with Crippen LogP contribution in [0.15, 0.2) is 90.0 Å². The minimum absolute atomic E-state index is 0.346. The van der Waals surface area contributed by atoms with Crippen LogP contribution >= 0.6 is 0 Å². The maximum Gasteiger partial charge on any atom is 0.336 e. The van der Waals surface area contributed by atoms with Gasteiger partial charge in [-0.1, -0.05) is 36.4 Å². The molecule has 6 nitrogen and oxygen atoms in total. The van der Waals surface area contributed by atoms with Crippen LogP contribution in [0, 0.1) is 0 Å². The zero-order valence-electron chi connectivity index (χ0n) is 16.3. The number of esters is 1. The number of ether oxygens (including phenoxy) is 2. The first-order valence-electron chi connectivity index (χ1n) is 9.16. The second-order valence-electron chi connectivity index (χ2n) is 6.17. The number of methoxy groups -OCH3 is 1. The van der Waals surface area contributed by atoms with Crippen molar-refractivity contribution in [3.05, 3.63) is 102 Å². The normalized spacial score (nSPS) is 10.8. The van der Waals surface area contributed by atoms with E-state index in [1.54, 1.807) is 54.6 Å². The summed E-state index contributed by atoms with van der Waals surface area (Å²) in [6, 6.07) is 23.0. The fourth-order valence-electron chi connectivity index (χ4n) is 2.49. The van der Waals surface area contributed by atoms with E-state index >= 15 is 0 Å².